The van der Waals surface area contributed by atoms with Crippen LogP contribution in [0.25, 0.3) is 0 Å². The number of fused-ring (bicyclic) bond motifs is 1. The fourth-order valence-electron chi connectivity index (χ4n) is 3.19. The van der Waals surface area contributed by atoms with Crippen molar-refractivity contribution >= 4 is 0 Å². The van der Waals surface area contributed by atoms with Crippen molar-refractivity contribution in [2.75, 3.05) is 0 Å². The lowest BCUT2D eigenvalue weighted by atomic mass is 9.96. The first-order valence-electron chi connectivity index (χ1n) is 7.63. The summed E-state index contributed by atoms with van der Waals surface area (Å²) in [6, 6.07) is 10.2. The van der Waals surface area contributed by atoms with Gasteiger partial charge in [-0.25, -0.2) is 0 Å². The van der Waals surface area contributed by atoms with Crippen molar-refractivity contribution in [2.24, 2.45) is 0 Å². The van der Waals surface area contributed by atoms with Gasteiger partial charge >= 0.3 is 0 Å². The molecule has 21 heavy (non-hydrogen) atoms. The Bertz CT molecular complexity index is 473. The summed E-state index contributed by atoms with van der Waals surface area (Å²) in [7, 11) is 0. The molecule has 3 rings (SSSR count). The molecular formula is C17H24O4. The first kappa shape index (κ1) is 15.0. The predicted molar refractivity (Wildman–Crippen MR) is 78.9 cm³/mol. The highest BCUT2D eigenvalue weighted by Gasteiger charge is 2.53. The highest BCUT2D eigenvalue weighted by molar-refractivity contribution is 5.13. The lowest BCUT2D eigenvalue weighted by Gasteiger charge is -2.39. The molecule has 2 fully saturated rings. The molecule has 0 amide bonds. The molecule has 1 aromatic carbocycles. The van der Waals surface area contributed by atoms with Crippen LogP contribution in [0.3, 0.4) is 0 Å². The predicted octanol–water partition coefficient (Wildman–Crippen LogP) is 2.90. The van der Waals surface area contributed by atoms with Crippen LogP contribution in [0.15, 0.2) is 30.3 Å². The van der Waals surface area contributed by atoms with Gasteiger partial charge in [0.2, 0.25) is 0 Å². The molecule has 0 spiro atoms. The van der Waals surface area contributed by atoms with Crippen LogP contribution in [0, 0.1) is 0 Å². The van der Waals surface area contributed by atoms with Gasteiger partial charge in [0.25, 0.3) is 0 Å². The maximum Gasteiger partial charge on any atom is 0.164 e. The maximum atomic E-state index is 6.11. The zero-order valence-corrected chi connectivity index (χ0v) is 13.1. The van der Waals surface area contributed by atoms with Gasteiger partial charge in [0.15, 0.2) is 5.79 Å². The number of hydrogen-bond donors (Lipinski definition) is 0. The molecule has 1 aromatic rings. The normalized spacial score (nSPS) is 38.2. The molecule has 2 aliphatic rings. The SMILES string of the molecule is CC1O[C@@H](C)C2OC(C)(C)O[C@@H]2[C@H]1OCc1ccccc1. The molecule has 116 valence electrons. The monoisotopic (exact) mass is 292 g/mol. The molecule has 2 unspecified atom stereocenters. The summed E-state index contributed by atoms with van der Waals surface area (Å²) in [5.41, 5.74) is 1.15. The number of benzene rings is 1. The van der Waals surface area contributed by atoms with Crippen LogP contribution in [0.5, 0.6) is 0 Å². The summed E-state index contributed by atoms with van der Waals surface area (Å²) >= 11 is 0. The largest absolute Gasteiger partial charge is 0.370 e. The molecule has 2 heterocycles. The van der Waals surface area contributed by atoms with Crippen LogP contribution in [-0.4, -0.2) is 36.3 Å². The Morgan fingerprint density at radius 2 is 1.67 bits per heavy atom. The molecule has 0 N–H and O–H groups in total. The number of rotatable bonds is 3. The van der Waals surface area contributed by atoms with Crippen molar-refractivity contribution in [3.05, 3.63) is 35.9 Å². The van der Waals surface area contributed by atoms with Crippen molar-refractivity contribution < 1.29 is 18.9 Å². The van der Waals surface area contributed by atoms with Crippen LogP contribution in [-0.2, 0) is 25.6 Å². The van der Waals surface area contributed by atoms with Gasteiger partial charge in [-0.2, -0.15) is 0 Å². The Balaban J connectivity index is 1.71. The minimum atomic E-state index is -0.578. The lowest BCUT2D eigenvalue weighted by Crippen LogP contribution is -2.55. The van der Waals surface area contributed by atoms with Gasteiger partial charge in [0.1, 0.15) is 18.3 Å². The number of hydrogen-bond acceptors (Lipinski definition) is 4. The highest BCUT2D eigenvalue weighted by atomic mass is 16.8. The van der Waals surface area contributed by atoms with E-state index < -0.39 is 5.79 Å². The fraction of sp³-hybridized carbons (Fsp3) is 0.647. The molecule has 2 saturated heterocycles. The topological polar surface area (TPSA) is 36.9 Å². The third kappa shape index (κ3) is 3.14. The second-order valence-electron chi connectivity index (χ2n) is 6.37. The van der Waals surface area contributed by atoms with Crippen molar-refractivity contribution in [1.29, 1.82) is 0 Å². The third-order valence-electron chi connectivity index (χ3n) is 4.13. The molecule has 0 aliphatic carbocycles. The summed E-state index contributed by atoms with van der Waals surface area (Å²) in [6.07, 6.45) is -0.265. The summed E-state index contributed by atoms with van der Waals surface area (Å²) in [5, 5.41) is 0. The van der Waals surface area contributed by atoms with Gasteiger partial charge < -0.3 is 18.9 Å². The Morgan fingerprint density at radius 1 is 1.00 bits per heavy atom. The minimum absolute atomic E-state index is 0.0116. The van der Waals surface area contributed by atoms with Gasteiger partial charge in [-0.05, 0) is 33.3 Å². The minimum Gasteiger partial charge on any atom is -0.370 e. The van der Waals surface area contributed by atoms with E-state index in [0.717, 1.165) is 5.56 Å². The van der Waals surface area contributed by atoms with Gasteiger partial charge in [-0.3, -0.25) is 0 Å². The molecule has 0 bridgehead atoms. The zero-order chi connectivity index (χ0) is 15.0. The molecule has 0 saturated carbocycles. The van der Waals surface area contributed by atoms with Crippen LogP contribution in [0.2, 0.25) is 0 Å². The summed E-state index contributed by atoms with van der Waals surface area (Å²) < 4.78 is 24.1. The van der Waals surface area contributed by atoms with Crippen molar-refractivity contribution in [3.63, 3.8) is 0 Å². The standard InChI is InChI=1S/C17H24O4/c1-11-14(18-10-13-8-6-5-7-9-13)16-15(12(2)19-11)20-17(3,4)21-16/h5-9,11-12,14-16H,10H2,1-4H3/t11?,12-,14-,15?,16+/m0/s1. The molecule has 4 nitrogen and oxygen atoms in total. The van der Waals surface area contributed by atoms with Gasteiger partial charge in [-0.1, -0.05) is 30.3 Å². The highest BCUT2D eigenvalue weighted by Crippen LogP contribution is 2.38. The van der Waals surface area contributed by atoms with Gasteiger partial charge in [0.05, 0.1) is 18.8 Å². The summed E-state index contributed by atoms with van der Waals surface area (Å²) in [6.45, 7) is 8.51. The molecule has 5 atom stereocenters. The Kier molecular flexibility index (Phi) is 4.06. The smallest absolute Gasteiger partial charge is 0.164 e. The van der Waals surface area contributed by atoms with E-state index in [1.54, 1.807) is 0 Å². The summed E-state index contributed by atoms with van der Waals surface area (Å²) in [5.74, 6) is -0.578. The molecule has 0 aromatic heterocycles. The van der Waals surface area contributed by atoms with E-state index in [9.17, 15) is 0 Å². The van der Waals surface area contributed by atoms with Crippen molar-refractivity contribution in [3.8, 4) is 0 Å². The van der Waals surface area contributed by atoms with Crippen molar-refractivity contribution in [1.82, 2.24) is 0 Å². The first-order chi connectivity index (χ1) is 9.96. The van der Waals surface area contributed by atoms with E-state index in [-0.39, 0.29) is 30.5 Å². The number of ether oxygens (including phenoxy) is 4. The Hall–Kier alpha value is -0.940. The maximum absolute atomic E-state index is 6.11. The average molecular weight is 292 g/mol. The van der Waals surface area contributed by atoms with Crippen LogP contribution >= 0.6 is 0 Å². The zero-order valence-electron chi connectivity index (χ0n) is 13.1. The molecular weight excluding hydrogens is 268 g/mol. The lowest BCUT2D eigenvalue weighted by molar-refractivity contribution is -0.197. The van der Waals surface area contributed by atoms with Gasteiger partial charge in [0, 0.05) is 0 Å². The second kappa shape index (κ2) is 5.69. The van der Waals surface area contributed by atoms with E-state index in [4.69, 9.17) is 18.9 Å². The summed E-state index contributed by atoms with van der Waals surface area (Å²) in [4.78, 5) is 0. The molecule has 0 radical (unpaired) electrons. The third-order valence-corrected chi connectivity index (χ3v) is 4.13. The van der Waals surface area contributed by atoms with Crippen LogP contribution in [0.4, 0.5) is 0 Å². The first-order valence-corrected chi connectivity index (χ1v) is 7.63. The van der Waals surface area contributed by atoms with Crippen molar-refractivity contribution in [2.45, 2.75) is 70.6 Å². The van der Waals surface area contributed by atoms with E-state index >= 15 is 0 Å². The van der Waals surface area contributed by atoms with E-state index in [2.05, 4.69) is 12.1 Å². The van der Waals surface area contributed by atoms with E-state index in [0.29, 0.717) is 6.61 Å². The quantitative estimate of drug-likeness (QED) is 0.858. The Labute approximate surface area is 126 Å². The van der Waals surface area contributed by atoms with E-state index in [1.807, 2.05) is 45.9 Å². The van der Waals surface area contributed by atoms with Gasteiger partial charge in [-0.15, -0.1) is 0 Å². The fourth-order valence-corrected chi connectivity index (χ4v) is 3.19. The molecule has 2 aliphatic heterocycles. The molecule has 4 heteroatoms. The Morgan fingerprint density at radius 3 is 2.38 bits per heavy atom. The van der Waals surface area contributed by atoms with Crippen LogP contribution < -0.4 is 0 Å². The average Bonchev–Trinajstić information content (AvgIpc) is 2.76. The second-order valence-corrected chi connectivity index (χ2v) is 6.37. The van der Waals surface area contributed by atoms with E-state index in [1.165, 1.54) is 0 Å². The van der Waals surface area contributed by atoms with Crippen LogP contribution in [0.1, 0.15) is 33.3 Å².